The van der Waals surface area contributed by atoms with E-state index < -0.39 is 0 Å². The zero-order valence-electron chi connectivity index (χ0n) is 9.36. The second kappa shape index (κ2) is 5.23. The van der Waals surface area contributed by atoms with Crippen molar-refractivity contribution >= 4 is 10.8 Å². The van der Waals surface area contributed by atoms with Crippen LogP contribution in [0.3, 0.4) is 0 Å². The number of hydrogen-bond donors (Lipinski definition) is 0. The number of benzene rings is 2. The Morgan fingerprint density at radius 1 is 1.06 bits per heavy atom. The highest BCUT2D eigenvalue weighted by Gasteiger charge is 1.99. The third-order valence-electron chi connectivity index (χ3n) is 2.41. The predicted molar refractivity (Wildman–Crippen MR) is 67.5 cm³/mol. The monoisotopic (exact) mass is 210 g/mol. The number of hydrogen-bond acceptors (Lipinski definition) is 1. The maximum absolute atomic E-state index is 5.72. The van der Waals surface area contributed by atoms with Crippen LogP contribution in [0.5, 0.6) is 5.75 Å². The minimum atomic E-state index is 0.648. The molecule has 0 amide bonds. The van der Waals surface area contributed by atoms with Gasteiger partial charge in [-0.2, -0.15) is 0 Å². The maximum Gasteiger partial charge on any atom is 0.127 e. The molecule has 0 aromatic heterocycles. The van der Waals surface area contributed by atoms with Gasteiger partial charge in [-0.25, -0.2) is 0 Å². The molecule has 0 unspecified atom stereocenters. The fraction of sp³-hybridized carbons (Fsp3) is 0.200. The molecule has 0 aliphatic rings. The second-order valence-corrected chi connectivity index (χ2v) is 3.50. The summed E-state index contributed by atoms with van der Waals surface area (Å²) in [5, 5.41) is 2.37. The third kappa shape index (κ3) is 2.35. The van der Waals surface area contributed by atoms with Gasteiger partial charge in [-0.05, 0) is 18.4 Å². The summed E-state index contributed by atoms with van der Waals surface area (Å²) in [7, 11) is 0. The van der Waals surface area contributed by atoms with Gasteiger partial charge in [0.2, 0.25) is 0 Å². The average Bonchev–Trinajstić information content (AvgIpc) is 2.35. The van der Waals surface area contributed by atoms with Gasteiger partial charge in [-0.1, -0.05) is 36.4 Å². The standard InChI is InChI=1S/C15H14O/c1-2-3-6-12-16-15-11-7-9-13-8-4-5-10-14(13)15/h4-5,7-11H,6,12H2,1H3. The molecule has 0 atom stereocenters. The molecular formula is C15H14O. The summed E-state index contributed by atoms with van der Waals surface area (Å²) >= 11 is 0. The molecule has 0 radical (unpaired) electrons. The summed E-state index contributed by atoms with van der Waals surface area (Å²) in [6, 6.07) is 14.3. The molecule has 80 valence electrons. The Morgan fingerprint density at radius 3 is 2.75 bits per heavy atom. The second-order valence-electron chi connectivity index (χ2n) is 3.50. The fourth-order valence-corrected chi connectivity index (χ4v) is 1.66. The minimum Gasteiger partial charge on any atom is -0.492 e. The molecule has 0 spiro atoms. The molecule has 1 heteroatoms. The summed E-state index contributed by atoms with van der Waals surface area (Å²) in [6.45, 7) is 2.49. The van der Waals surface area contributed by atoms with Gasteiger partial charge in [-0.3, -0.25) is 0 Å². The van der Waals surface area contributed by atoms with Crippen molar-refractivity contribution in [1.29, 1.82) is 0 Å². The van der Waals surface area contributed by atoms with Crippen molar-refractivity contribution in [3.05, 3.63) is 42.5 Å². The molecule has 0 saturated carbocycles. The van der Waals surface area contributed by atoms with E-state index in [1.165, 1.54) is 5.39 Å². The summed E-state index contributed by atoms with van der Waals surface area (Å²) < 4.78 is 5.72. The van der Waals surface area contributed by atoms with Crippen LogP contribution in [0.1, 0.15) is 13.3 Å². The number of ether oxygens (including phenoxy) is 1. The molecule has 0 N–H and O–H groups in total. The molecule has 1 nitrogen and oxygen atoms in total. The Morgan fingerprint density at radius 2 is 1.88 bits per heavy atom. The quantitative estimate of drug-likeness (QED) is 0.555. The SMILES string of the molecule is CC#CCCOc1cccc2ccccc12. The van der Waals surface area contributed by atoms with Crippen LogP contribution in [0.25, 0.3) is 10.8 Å². The molecule has 0 aliphatic heterocycles. The Balaban J connectivity index is 2.19. The number of fused-ring (bicyclic) bond motifs is 1. The lowest BCUT2D eigenvalue weighted by Crippen LogP contribution is -1.96. The molecular weight excluding hydrogens is 196 g/mol. The van der Waals surface area contributed by atoms with Crippen LogP contribution >= 0.6 is 0 Å². The van der Waals surface area contributed by atoms with Crippen molar-refractivity contribution < 1.29 is 4.74 Å². The first-order valence-corrected chi connectivity index (χ1v) is 5.42. The van der Waals surface area contributed by atoms with Gasteiger partial charge >= 0.3 is 0 Å². The van der Waals surface area contributed by atoms with Gasteiger partial charge < -0.3 is 4.74 Å². The lowest BCUT2D eigenvalue weighted by molar-refractivity contribution is 0.331. The lowest BCUT2D eigenvalue weighted by Gasteiger charge is -2.07. The van der Waals surface area contributed by atoms with E-state index in [1.54, 1.807) is 0 Å². The smallest absolute Gasteiger partial charge is 0.127 e. The van der Waals surface area contributed by atoms with Crippen molar-refractivity contribution in [3.63, 3.8) is 0 Å². The highest BCUT2D eigenvalue weighted by molar-refractivity contribution is 5.88. The van der Waals surface area contributed by atoms with E-state index in [9.17, 15) is 0 Å². The van der Waals surface area contributed by atoms with Gasteiger partial charge in [0.05, 0.1) is 6.61 Å². The molecule has 0 heterocycles. The lowest BCUT2D eigenvalue weighted by atomic mass is 10.1. The van der Waals surface area contributed by atoms with E-state index in [4.69, 9.17) is 4.74 Å². The van der Waals surface area contributed by atoms with Gasteiger partial charge in [0.15, 0.2) is 0 Å². The third-order valence-corrected chi connectivity index (χ3v) is 2.41. The van der Waals surface area contributed by atoms with E-state index in [0.29, 0.717) is 6.61 Å². The Kier molecular flexibility index (Phi) is 3.46. The summed E-state index contributed by atoms with van der Waals surface area (Å²) in [4.78, 5) is 0. The maximum atomic E-state index is 5.72. The summed E-state index contributed by atoms with van der Waals surface area (Å²) in [5.74, 6) is 6.79. The molecule has 0 aliphatic carbocycles. The zero-order chi connectivity index (χ0) is 11.2. The molecule has 2 aromatic rings. The van der Waals surface area contributed by atoms with Gasteiger partial charge in [0, 0.05) is 11.8 Å². The molecule has 16 heavy (non-hydrogen) atoms. The van der Waals surface area contributed by atoms with Crippen molar-refractivity contribution in [2.75, 3.05) is 6.61 Å². The molecule has 0 bridgehead atoms. The van der Waals surface area contributed by atoms with Crippen molar-refractivity contribution in [2.24, 2.45) is 0 Å². The van der Waals surface area contributed by atoms with Gasteiger partial charge in [-0.15, -0.1) is 11.8 Å². The molecule has 0 saturated heterocycles. The highest BCUT2D eigenvalue weighted by atomic mass is 16.5. The Hall–Kier alpha value is -1.94. The predicted octanol–water partition coefficient (Wildman–Crippen LogP) is 3.63. The largest absolute Gasteiger partial charge is 0.492 e. The van der Waals surface area contributed by atoms with Crippen LogP contribution in [0.2, 0.25) is 0 Å². The summed E-state index contributed by atoms with van der Waals surface area (Å²) in [6.07, 6.45) is 0.778. The van der Waals surface area contributed by atoms with E-state index in [1.807, 2.05) is 31.2 Å². The Labute approximate surface area is 96.1 Å². The van der Waals surface area contributed by atoms with E-state index in [2.05, 4.69) is 30.0 Å². The first-order chi connectivity index (χ1) is 7.92. The summed E-state index contributed by atoms with van der Waals surface area (Å²) in [5.41, 5.74) is 0. The average molecular weight is 210 g/mol. The molecule has 2 aromatic carbocycles. The van der Waals surface area contributed by atoms with Crippen LogP contribution in [0.4, 0.5) is 0 Å². The topological polar surface area (TPSA) is 9.23 Å². The van der Waals surface area contributed by atoms with Crippen LogP contribution in [-0.4, -0.2) is 6.61 Å². The van der Waals surface area contributed by atoms with E-state index in [-0.39, 0.29) is 0 Å². The van der Waals surface area contributed by atoms with Crippen LogP contribution < -0.4 is 4.74 Å². The first kappa shape index (κ1) is 10.6. The van der Waals surface area contributed by atoms with Gasteiger partial charge in [0.25, 0.3) is 0 Å². The molecule has 2 rings (SSSR count). The van der Waals surface area contributed by atoms with Crippen molar-refractivity contribution in [3.8, 4) is 17.6 Å². The first-order valence-electron chi connectivity index (χ1n) is 5.42. The van der Waals surface area contributed by atoms with E-state index in [0.717, 1.165) is 17.6 Å². The zero-order valence-corrected chi connectivity index (χ0v) is 9.36. The van der Waals surface area contributed by atoms with Crippen molar-refractivity contribution in [2.45, 2.75) is 13.3 Å². The minimum absolute atomic E-state index is 0.648. The fourth-order valence-electron chi connectivity index (χ4n) is 1.66. The highest BCUT2D eigenvalue weighted by Crippen LogP contribution is 2.24. The number of rotatable bonds is 3. The van der Waals surface area contributed by atoms with Gasteiger partial charge in [0.1, 0.15) is 5.75 Å². The van der Waals surface area contributed by atoms with Crippen LogP contribution in [0.15, 0.2) is 42.5 Å². The van der Waals surface area contributed by atoms with E-state index >= 15 is 0 Å². The van der Waals surface area contributed by atoms with Crippen LogP contribution in [0, 0.1) is 11.8 Å². The normalized spacial score (nSPS) is 9.56. The molecule has 0 fully saturated rings. The van der Waals surface area contributed by atoms with Crippen molar-refractivity contribution in [1.82, 2.24) is 0 Å². The Bertz CT molecular complexity index is 526. The van der Waals surface area contributed by atoms with Crippen LogP contribution in [-0.2, 0) is 0 Å².